The second-order valence-electron chi connectivity index (χ2n) is 4.62. The largest absolute Gasteiger partial charge is 0.264 e. The molecule has 7 heteroatoms. The summed E-state index contributed by atoms with van der Waals surface area (Å²) in [4.78, 5) is 0.140. The number of hydrogen-bond donors (Lipinski definition) is 0. The predicted molar refractivity (Wildman–Crippen MR) is 84.6 cm³/mol. The van der Waals surface area contributed by atoms with Gasteiger partial charge in [0, 0.05) is 15.7 Å². The van der Waals surface area contributed by atoms with Gasteiger partial charge in [-0.2, -0.15) is 5.10 Å². The Bertz CT molecular complexity index is 754. The van der Waals surface area contributed by atoms with Gasteiger partial charge in [-0.15, -0.1) is 0 Å². The maximum absolute atomic E-state index is 11.8. The molecular formula is C14H16Cl2N2O2S. The van der Waals surface area contributed by atoms with Crippen molar-refractivity contribution in [2.75, 3.05) is 0 Å². The average Bonchev–Trinajstić information content (AvgIpc) is 2.79. The van der Waals surface area contributed by atoms with Crippen LogP contribution in [0.2, 0.25) is 5.02 Å². The van der Waals surface area contributed by atoms with Gasteiger partial charge in [-0.3, -0.25) is 4.68 Å². The Morgan fingerprint density at radius 1 is 1.19 bits per heavy atom. The van der Waals surface area contributed by atoms with Crippen LogP contribution < -0.4 is 0 Å². The van der Waals surface area contributed by atoms with Gasteiger partial charge in [0.2, 0.25) is 0 Å². The highest BCUT2D eigenvalue weighted by Gasteiger charge is 2.25. The van der Waals surface area contributed by atoms with E-state index in [2.05, 4.69) is 5.10 Å². The first kappa shape index (κ1) is 16.3. The number of aromatic nitrogens is 2. The zero-order valence-corrected chi connectivity index (χ0v) is 14.1. The van der Waals surface area contributed by atoms with Crippen molar-refractivity contribution in [3.8, 4) is 0 Å². The summed E-state index contributed by atoms with van der Waals surface area (Å²) in [5.41, 5.74) is 1.99. The molecule has 0 aliphatic carbocycles. The molecule has 2 rings (SSSR count). The molecule has 2 aromatic rings. The summed E-state index contributed by atoms with van der Waals surface area (Å²) in [6.07, 6.45) is 1.03. The molecule has 0 N–H and O–H groups in total. The van der Waals surface area contributed by atoms with E-state index in [0.29, 0.717) is 35.8 Å². The van der Waals surface area contributed by atoms with E-state index in [1.165, 1.54) is 0 Å². The van der Waals surface area contributed by atoms with Crippen molar-refractivity contribution in [1.29, 1.82) is 0 Å². The summed E-state index contributed by atoms with van der Waals surface area (Å²) in [5, 5.41) is 5.02. The lowest BCUT2D eigenvalue weighted by molar-refractivity contribution is 0.605. The Balaban J connectivity index is 2.55. The lowest BCUT2D eigenvalue weighted by atomic mass is 10.2. The molecular weight excluding hydrogens is 331 g/mol. The molecule has 0 aliphatic rings. The molecule has 21 heavy (non-hydrogen) atoms. The minimum absolute atomic E-state index is 0.140. The fourth-order valence-electron chi connectivity index (χ4n) is 2.31. The Kier molecular flexibility index (Phi) is 4.96. The third-order valence-electron chi connectivity index (χ3n) is 3.27. The summed E-state index contributed by atoms with van der Waals surface area (Å²) < 4.78 is 25.3. The summed E-state index contributed by atoms with van der Waals surface area (Å²) in [6.45, 7) is 4.15. The second kappa shape index (κ2) is 6.38. The van der Waals surface area contributed by atoms with Gasteiger partial charge in [0.25, 0.3) is 9.05 Å². The van der Waals surface area contributed by atoms with Crippen LogP contribution in [-0.2, 0) is 28.4 Å². The third kappa shape index (κ3) is 3.42. The quantitative estimate of drug-likeness (QED) is 0.776. The van der Waals surface area contributed by atoms with E-state index < -0.39 is 9.05 Å². The van der Waals surface area contributed by atoms with Crippen molar-refractivity contribution in [3.05, 3.63) is 46.2 Å². The predicted octanol–water partition coefficient (Wildman–Crippen LogP) is 3.64. The minimum atomic E-state index is -3.81. The molecule has 0 radical (unpaired) electrons. The van der Waals surface area contributed by atoms with Crippen LogP contribution in [-0.4, -0.2) is 18.2 Å². The van der Waals surface area contributed by atoms with Crippen LogP contribution in [0.1, 0.15) is 30.8 Å². The molecule has 0 saturated heterocycles. The van der Waals surface area contributed by atoms with Gasteiger partial charge in [-0.1, -0.05) is 43.6 Å². The third-order valence-corrected chi connectivity index (χ3v) is 5.06. The maximum atomic E-state index is 11.8. The lowest BCUT2D eigenvalue weighted by Crippen LogP contribution is -2.07. The molecule has 1 aromatic carbocycles. The Morgan fingerprint density at radius 3 is 2.38 bits per heavy atom. The van der Waals surface area contributed by atoms with Crippen LogP contribution in [0.5, 0.6) is 0 Å². The van der Waals surface area contributed by atoms with E-state index >= 15 is 0 Å². The lowest BCUT2D eigenvalue weighted by Gasteiger charge is -2.08. The maximum Gasteiger partial charge on any atom is 0.264 e. The van der Waals surface area contributed by atoms with Gasteiger partial charge in [0.05, 0.1) is 17.9 Å². The van der Waals surface area contributed by atoms with Crippen LogP contribution in [0.25, 0.3) is 0 Å². The number of rotatable bonds is 5. The van der Waals surface area contributed by atoms with Crippen molar-refractivity contribution in [3.63, 3.8) is 0 Å². The summed E-state index contributed by atoms with van der Waals surface area (Å²) in [7, 11) is 1.75. The van der Waals surface area contributed by atoms with Gasteiger partial charge in [0.15, 0.2) is 0 Å². The van der Waals surface area contributed by atoms with E-state index in [9.17, 15) is 8.42 Å². The standard InChI is InChI=1S/C14H16Cl2N2O2S/c1-3-12-14(21(16,19)20)13(4-2)18(17-12)9-10-7-5-6-8-11(10)15/h5-8H,3-4,9H2,1-2H3. The van der Waals surface area contributed by atoms with Crippen molar-refractivity contribution >= 4 is 31.3 Å². The fraction of sp³-hybridized carbons (Fsp3) is 0.357. The van der Waals surface area contributed by atoms with Crippen LogP contribution in [0.15, 0.2) is 29.2 Å². The Labute approximate surface area is 134 Å². The van der Waals surface area contributed by atoms with E-state index in [4.69, 9.17) is 22.3 Å². The normalized spacial score (nSPS) is 11.8. The number of aryl methyl sites for hydroxylation is 1. The zero-order valence-electron chi connectivity index (χ0n) is 11.8. The molecule has 1 heterocycles. The van der Waals surface area contributed by atoms with E-state index in [-0.39, 0.29) is 4.90 Å². The van der Waals surface area contributed by atoms with Crippen molar-refractivity contribution in [1.82, 2.24) is 9.78 Å². The van der Waals surface area contributed by atoms with Crippen LogP contribution in [0, 0.1) is 0 Å². The van der Waals surface area contributed by atoms with E-state index in [1.54, 1.807) is 10.7 Å². The highest BCUT2D eigenvalue weighted by atomic mass is 35.7. The molecule has 0 bridgehead atoms. The molecule has 0 atom stereocenters. The molecule has 0 fully saturated rings. The van der Waals surface area contributed by atoms with Gasteiger partial charge < -0.3 is 0 Å². The van der Waals surface area contributed by atoms with Crippen LogP contribution in [0.3, 0.4) is 0 Å². The summed E-state index contributed by atoms with van der Waals surface area (Å²) >= 11 is 6.15. The SMILES string of the molecule is CCc1nn(Cc2ccccc2Cl)c(CC)c1S(=O)(=O)Cl. The molecule has 0 saturated carbocycles. The van der Waals surface area contributed by atoms with Gasteiger partial charge in [-0.05, 0) is 24.5 Å². The van der Waals surface area contributed by atoms with Crippen molar-refractivity contribution in [2.45, 2.75) is 38.1 Å². The summed E-state index contributed by atoms with van der Waals surface area (Å²) in [6, 6.07) is 7.42. The average molecular weight is 347 g/mol. The Hall–Kier alpha value is -1.04. The molecule has 0 spiro atoms. The van der Waals surface area contributed by atoms with E-state index in [0.717, 1.165) is 5.56 Å². The zero-order chi connectivity index (χ0) is 15.6. The van der Waals surface area contributed by atoms with Crippen molar-refractivity contribution in [2.24, 2.45) is 0 Å². The first-order valence-corrected chi connectivity index (χ1v) is 9.33. The highest BCUT2D eigenvalue weighted by molar-refractivity contribution is 8.13. The molecule has 0 aliphatic heterocycles. The number of hydrogen-bond acceptors (Lipinski definition) is 3. The molecule has 0 amide bonds. The molecule has 0 unspecified atom stereocenters. The van der Waals surface area contributed by atoms with Crippen LogP contribution >= 0.6 is 22.3 Å². The topological polar surface area (TPSA) is 52.0 Å². The number of nitrogens with zero attached hydrogens (tertiary/aromatic N) is 2. The first-order chi connectivity index (χ1) is 9.88. The minimum Gasteiger partial charge on any atom is -0.263 e. The van der Waals surface area contributed by atoms with Gasteiger partial charge in [-0.25, -0.2) is 8.42 Å². The molecule has 114 valence electrons. The molecule has 1 aromatic heterocycles. The monoisotopic (exact) mass is 346 g/mol. The fourth-order valence-corrected chi connectivity index (χ4v) is 4.04. The highest BCUT2D eigenvalue weighted by Crippen LogP contribution is 2.27. The first-order valence-electron chi connectivity index (χ1n) is 6.65. The smallest absolute Gasteiger partial charge is 0.263 e. The number of halogens is 2. The van der Waals surface area contributed by atoms with E-state index in [1.807, 2.05) is 32.0 Å². The second-order valence-corrected chi connectivity index (χ2v) is 7.53. The van der Waals surface area contributed by atoms with Gasteiger partial charge in [0.1, 0.15) is 4.90 Å². The summed E-state index contributed by atoms with van der Waals surface area (Å²) in [5.74, 6) is 0. The number of benzene rings is 1. The molecule has 4 nitrogen and oxygen atoms in total. The van der Waals surface area contributed by atoms with Gasteiger partial charge >= 0.3 is 0 Å². The van der Waals surface area contributed by atoms with Crippen molar-refractivity contribution < 1.29 is 8.42 Å². The van der Waals surface area contributed by atoms with Crippen LogP contribution in [0.4, 0.5) is 0 Å². The Morgan fingerprint density at radius 2 is 1.86 bits per heavy atom.